The Morgan fingerprint density at radius 3 is 2.23 bits per heavy atom. The van der Waals surface area contributed by atoms with E-state index in [0.29, 0.717) is 34.8 Å². The number of carbonyl (C=O) groups excluding carboxylic acids is 1. The van der Waals surface area contributed by atoms with Crippen LogP contribution in [-0.4, -0.2) is 92.3 Å². The maximum atomic E-state index is 13.2. The molecule has 0 radical (unpaired) electrons. The average Bonchev–Trinajstić information content (AvgIpc) is 3.42. The van der Waals surface area contributed by atoms with Crippen LogP contribution in [0.2, 0.25) is 0 Å². The van der Waals surface area contributed by atoms with Crippen LogP contribution in [0, 0.1) is 0 Å². The van der Waals surface area contributed by atoms with Gasteiger partial charge in [0.1, 0.15) is 0 Å². The molecule has 4 heterocycles. The second-order valence-corrected chi connectivity index (χ2v) is 10.8. The summed E-state index contributed by atoms with van der Waals surface area (Å²) in [5.74, 6) is 2.84. The van der Waals surface area contributed by atoms with E-state index in [1.54, 1.807) is 33.5 Å². The van der Waals surface area contributed by atoms with Crippen LogP contribution in [0.3, 0.4) is 0 Å². The molecule has 4 aromatic rings. The number of morpholine rings is 1. The zero-order chi connectivity index (χ0) is 29.8. The van der Waals surface area contributed by atoms with E-state index < -0.39 is 0 Å². The Kier molecular flexibility index (Phi) is 8.62. The molecule has 0 bridgehead atoms. The topological polar surface area (TPSA) is 103 Å². The quantitative estimate of drug-likeness (QED) is 0.313. The number of piperidine rings is 1. The first-order valence-electron chi connectivity index (χ1n) is 14.7. The predicted molar refractivity (Wildman–Crippen MR) is 165 cm³/mol. The Balaban J connectivity index is 1.16. The van der Waals surface area contributed by atoms with Gasteiger partial charge in [-0.3, -0.25) is 14.3 Å². The molecule has 0 atom stereocenters. The number of nitrogens with zero attached hydrogens (tertiary/aromatic N) is 5. The second kappa shape index (κ2) is 12.9. The van der Waals surface area contributed by atoms with Crippen LogP contribution in [0.25, 0.3) is 16.7 Å². The van der Waals surface area contributed by atoms with Gasteiger partial charge < -0.3 is 29.2 Å². The highest BCUT2D eigenvalue weighted by Gasteiger charge is 2.26. The van der Waals surface area contributed by atoms with E-state index in [9.17, 15) is 4.79 Å². The lowest BCUT2D eigenvalue weighted by Gasteiger charge is -2.40. The van der Waals surface area contributed by atoms with Crippen molar-refractivity contribution in [1.29, 1.82) is 0 Å². The van der Waals surface area contributed by atoms with Crippen LogP contribution in [0.1, 0.15) is 18.4 Å². The lowest BCUT2D eigenvalue weighted by atomic mass is 10.0. The van der Waals surface area contributed by atoms with Crippen molar-refractivity contribution >= 4 is 28.3 Å². The first kappa shape index (κ1) is 28.8. The van der Waals surface area contributed by atoms with Gasteiger partial charge in [0.25, 0.3) is 0 Å². The molecule has 2 aromatic heterocycles. The Labute approximate surface area is 251 Å². The molecular formula is C32H38N6O5. The number of anilines is 2. The third-order valence-corrected chi connectivity index (χ3v) is 8.33. The highest BCUT2D eigenvalue weighted by atomic mass is 16.5. The molecular weight excluding hydrogens is 548 g/mol. The molecule has 11 heteroatoms. The molecule has 2 aromatic carbocycles. The minimum atomic E-state index is -0.168. The Morgan fingerprint density at radius 1 is 0.907 bits per heavy atom. The largest absolute Gasteiger partial charge is 0.493 e. The van der Waals surface area contributed by atoms with E-state index in [1.165, 1.54) is 0 Å². The Morgan fingerprint density at radius 2 is 1.58 bits per heavy atom. The van der Waals surface area contributed by atoms with E-state index in [0.717, 1.165) is 74.5 Å². The molecule has 2 fully saturated rings. The number of benzene rings is 2. The van der Waals surface area contributed by atoms with Crippen molar-refractivity contribution < 1.29 is 23.7 Å². The lowest BCUT2D eigenvalue weighted by Crippen LogP contribution is -2.49. The number of aromatic nitrogens is 3. The smallest absolute Gasteiger partial charge is 0.228 e. The maximum absolute atomic E-state index is 13.2. The van der Waals surface area contributed by atoms with Gasteiger partial charge in [0.2, 0.25) is 11.7 Å². The van der Waals surface area contributed by atoms with Crippen LogP contribution in [0.5, 0.6) is 17.2 Å². The van der Waals surface area contributed by atoms with Crippen molar-refractivity contribution in [1.82, 2.24) is 19.7 Å². The van der Waals surface area contributed by atoms with Crippen molar-refractivity contribution in [3.63, 3.8) is 0 Å². The summed E-state index contributed by atoms with van der Waals surface area (Å²) in [4.78, 5) is 18.1. The van der Waals surface area contributed by atoms with E-state index in [-0.39, 0.29) is 12.3 Å². The Bertz CT molecular complexity index is 1530. The highest BCUT2D eigenvalue weighted by Crippen LogP contribution is 2.40. The fourth-order valence-corrected chi connectivity index (χ4v) is 6.13. The van der Waals surface area contributed by atoms with E-state index >= 15 is 0 Å². The summed E-state index contributed by atoms with van der Waals surface area (Å²) in [6.45, 7) is 5.65. The molecule has 0 aliphatic carbocycles. The van der Waals surface area contributed by atoms with Gasteiger partial charge in [0.15, 0.2) is 23.1 Å². The van der Waals surface area contributed by atoms with Crippen molar-refractivity contribution in [2.24, 2.45) is 0 Å². The molecule has 11 nitrogen and oxygen atoms in total. The summed E-state index contributed by atoms with van der Waals surface area (Å²) < 4.78 is 23.8. The second-order valence-electron chi connectivity index (χ2n) is 10.8. The van der Waals surface area contributed by atoms with Crippen molar-refractivity contribution in [3.8, 4) is 23.1 Å². The normalized spacial score (nSPS) is 16.3. The molecule has 1 amide bonds. The van der Waals surface area contributed by atoms with Crippen molar-refractivity contribution in [3.05, 3.63) is 60.3 Å². The van der Waals surface area contributed by atoms with Crippen LogP contribution >= 0.6 is 0 Å². The molecule has 226 valence electrons. The van der Waals surface area contributed by atoms with Gasteiger partial charge in [-0.05, 0) is 36.6 Å². The minimum absolute atomic E-state index is 0.168. The molecule has 2 aliphatic heterocycles. The summed E-state index contributed by atoms with van der Waals surface area (Å²) in [7, 11) is 4.63. The molecule has 2 aliphatic rings. The minimum Gasteiger partial charge on any atom is -0.493 e. The van der Waals surface area contributed by atoms with Gasteiger partial charge in [0, 0.05) is 61.6 Å². The molecule has 43 heavy (non-hydrogen) atoms. The third-order valence-electron chi connectivity index (χ3n) is 8.33. The number of hydrogen-bond acceptors (Lipinski definition) is 9. The fraction of sp³-hybridized carbons (Fsp3) is 0.406. The molecule has 6 rings (SSSR count). The van der Waals surface area contributed by atoms with Gasteiger partial charge in [-0.25, -0.2) is 0 Å². The molecule has 0 unspecified atom stereocenters. The number of para-hydroxylation sites is 1. The van der Waals surface area contributed by atoms with Gasteiger partial charge >= 0.3 is 0 Å². The SMILES string of the molecule is COc1cc(NC(=O)Cc2cn(-c3ccc(N4CCC(N5CCOCC5)CC4)nn3)c3ccccc23)cc(OC)c1OC. The zero-order valence-electron chi connectivity index (χ0n) is 24.9. The summed E-state index contributed by atoms with van der Waals surface area (Å²) in [5.41, 5.74) is 2.40. The number of carbonyl (C=O) groups is 1. The third kappa shape index (κ3) is 6.09. The average molecular weight is 587 g/mol. The van der Waals surface area contributed by atoms with Gasteiger partial charge in [-0.15, -0.1) is 10.2 Å². The van der Waals surface area contributed by atoms with Crippen LogP contribution in [0.15, 0.2) is 54.7 Å². The van der Waals surface area contributed by atoms with E-state index in [2.05, 4.69) is 25.3 Å². The monoisotopic (exact) mass is 586 g/mol. The molecule has 0 saturated carbocycles. The highest BCUT2D eigenvalue weighted by molar-refractivity contribution is 5.96. The number of rotatable bonds is 9. The predicted octanol–water partition coefficient (Wildman–Crippen LogP) is 3.93. The van der Waals surface area contributed by atoms with Crippen molar-refractivity contribution in [2.45, 2.75) is 25.3 Å². The standard InChI is InChI=1S/C32H38N6O5/c1-40-27-19-23(20-28(41-2)32(27)42-3)33-31(39)18-22-21-38(26-7-5-4-6-25(22)26)30-9-8-29(34-35-30)37-12-10-24(11-13-37)36-14-16-43-17-15-36/h4-9,19-21,24H,10-18H2,1-3H3,(H,33,39). The Hall–Kier alpha value is -4.35. The van der Waals surface area contributed by atoms with Gasteiger partial charge in [0.05, 0.1) is 46.5 Å². The number of fused-ring (bicyclic) bond motifs is 1. The van der Waals surface area contributed by atoms with Gasteiger partial charge in [-0.2, -0.15) is 0 Å². The number of amides is 1. The van der Waals surface area contributed by atoms with Crippen LogP contribution in [0.4, 0.5) is 11.5 Å². The summed E-state index contributed by atoms with van der Waals surface area (Å²) in [6.07, 6.45) is 4.38. The zero-order valence-corrected chi connectivity index (χ0v) is 24.9. The fourth-order valence-electron chi connectivity index (χ4n) is 6.13. The first-order chi connectivity index (χ1) is 21.1. The maximum Gasteiger partial charge on any atom is 0.228 e. The van der Waals surface area contributed by atoms with Crippen molar-refractivity contribution in [2.75, 3.05) is 70.9 Å². The molecule has 1 N–H and O–H groups in total. The molecule has 0 spiro atoms. The summed E-state index contributed by atoms with van der Waals surface area (Å²) >= 11 is 0. The summed E-state index contributed by atoms with van der Waals surface area (Å²) in [6, 6.07) is 16.1. The molecule has 2 saturated heterocycles. The number of hydrogen-bond donors (Lipinski definition) is 1. The van der Waals surface area contributed by atoms with Crippen LogP contribution in [-0.2, 0) is 16.0 Å². The summed E-state index contributed by atoms with van der Waals surface area (Å²) in [5, 5.41) is 13.2. The number of nitrogens with one attached hydrogen (secondary N) is 1. The van der Waals surface area contributed by atoms with E-state index in [4.69, 9.17) is 18.9 Å². The van der Waals surface area contributed by atoms with E-state index in [1.807, 2.05) is 47.2 Å². The van der Waals surface area contributed by atoms with Gasteiger partial charge in [-0.1, -0.05) is 18.2 Å². The number of methoxy groups -OCH3 is 3. The lowest BCUT2D eigenvalue weighted by molar-refractivity contribution is -0.115. The first-order valence-corrected chi connectivity index (χ1v) is 14.7. The number of ether oxygens (including phenoxy) is 4. The van der Waals surface area contributed by atoms with Crippen LogP contribution < -0.4 is 24.4 Å².